The van der Waals surface area contributed by atoms with Gasteiger partial charge in [0.15, 0.2) is 21.1 Å². The van der Waals surface area contributed by atoms with Crippen LogP contribution in [0.25, 0.3) is 0 Å². The molecule has 2 fully saturated rings. The van der Waals surface area contributed by atoms with Crippen LogP contribution in [0.15, 0.2) is 29.2 Å². The number of esters is 1. The number of rotatable bonds is 10. The summed E-state index contributed by atoms with van der Waals surface area (Å²) >= 11 is 7.27. The number of sulfone groups is 1. The van der Waals surface area contributed by atoms with Crippen LogP contribution in [0.4, 0.5) is 5.13 Å². The van der Waals surface area contributed by atoms with Crippen molar-refractivity contribution in [3.8, 4) is 0 Å². The van der Waals surface area contributed by atoms with Crippen LogP contribution in [0, 0.1) is 0 Å². The molecule has 13 heteroatoms. The van der Waals surface area contributed by atoms with E-state index >= 15 is 0 Å². The summed E-state index contributed by atoms with van der Waals surface area (Å²) in [5.41, 5.74) is 0.823. The molecule has 10 nitrogen and oxygen atoms in total. The van der Waals surface area contributed by atoms with Gasteiger partial charge in [-0.25, -0.2) is 13.4 Å². The molecular formula is C25H31ClN2O8S2. The predicted octanol–water partition coefficient (Wildman–Crippen LogP) is 3.73. The van der Waals surface area contributed by atoms with E-state index in [2.05, 4.69) is 10.3 Å². The lowest BCUT2D eigenvalue weighted by Crippen LogP contribution is -2.31. The predicted molar refractivity (Wildman–Crippen MR) is 141 cm³/mol. The highest BCUT2D eigenvalue weighted by atomic mass is 35.5. The minimum absolute atomic E-state index is 0.107. The Morgan fingerprint density at radius 3 is 2.37 bits per heavy atom. The van der Waals surface area contributed by atoms with E-state index in [1.807, 2.05) is 0 Å². The van der Waals surface area contributed by atoms with Crippen molar-refractivity contribution < 1.29 is 37.0 Å². The Kier molecular flexibility index (Phi) is 10.1. The molecule has 3 heterocycles. The molecule has 1 amide bonds. The fraction of sp³-hybridized carbons (Fsp3) is 0.560. The van der Waals surface area contributed by atoms with Gasteiger partial charge in [-0.2, -0.15) is 0 Å². The van der Waals surface area contributed by atoms with Gasteiger partial charge in [-0.05, 0) is 50.3 Å². The van der Waals surface area contributed by atoms with Crippen molar-refractivity contribution in [2.75, 3.05) is 38.4 Å². The van der Waals surface area contributed by atoms with Crippen molar-refractivity contribution in [1.82, 2.24) is 4.98 Å². The summed E-state index contributed by atoms with van der Waals surface area (Å²) in [4.78, 5) is 29.7. The van der Waals surface area contributed by atoms with Crippen LogP contribution in [0.3, 0.4) is 0 Å². The lowest BCUT2D eigenvalue weighted by Gasteiger charge is -2.27. The molecule has 2 aliphatic rings. The Hall–Kier alpha value is -2.09. The molecule has 0 saturated carbocycles. The molecule has 208 valence electrons. The maximum atomic E-state index is 13.4. The molecule has 1 unspecified atom stereocenters. The number of nitrogens with one attached hydrogen (secondary N) is 1. The first-order valence-electron chi connectivity index (χ1n) is 12.5. The van der Waals surface area contributed by atoms with E-state index in [-0.39, 0.29) is 33.5 Å². The summed E-state index contributed by atoms with van der Waals surface area (Å²) in [6.07, 6.45) is 0.843. The third kappa shape index (κ3) is 7.30. The number of carbonyl (C=O) groups is 2. The smallest absolute Gasteiger partial charge is 0.311 e. The molecule has 1 N–H and O–H groups in total. The molecule has 0 bridgehead atoms. The van der Waals surface area contributed by atoms with E-state index in [9.17, 15) is 18.0 Å². The number of carbonyl (C=O) groups excluding carboxylic acids is 2. The van der Waals surface area contributed by atoms with Gasteiger partial charge in [0.25, 0.3) is 5.91 Å². The van der Waals surface area contributed by atoms with E-state index in [0.29, 0.717) is 63.4 Å². The van der Waals surface area contributed by atoms with E-state index in [0.717, 1.165) is 11.3 Å². The number of nitrogens with zero attached hydrogens (tertiary/aromatic N) is 1. The second kappa shape index (κ2) is 13.3. The SMILES string of the molecule is CCOC(=O)Cc1nc(NC(=O)C(OC2CCOCC2)c2ccc(S(=O)(=O)C3CCOCC3)cc2)sc1Cl. The van der Waals surface area contributed by atoms with Crippen molar-refractivity contribution in [2.45, 2.75) is 61.4 Å². The maximum Gasteiger partial charge on any atom is 0.311 e. The third-order valence-electron chi connectivity index (χ3n) is 6.35. The lowest BCUT2D eigenvalue weighted by molar-refractivity contribution is -0.142. The number of hydrogen-bond donors (Lipinski definition) is 1. The molecule has 4 rings (SSSR count). The number of anilines is 1. The highest BCUT2D eigenvalue weighted by molar-refractivity contribution is 7.92. The van der Waals surface area contributed by atoms with Gasteiger partial charge in [0, 0.05) is 26.4 Å². The largest absolute Gasteiger partial charge is 0.466 e. The van der Waals surface area contributed by atoms with Crippen LogP contribution in [0.5, 0.6) is 0 Å². The van der Waals surface area contributed by atoms with Crippen molar-refractivity contribution >= 4 is 49.8 Å². The number of hydrogen-bond acceptors (Lipinski definition) is 10. The van der Waals surface area contributed by atoms with Gasteiger partial charge < -0.3 is 18.9 Å². The van der Waals surface area contributed by atoms with Crippen LogP contribution in [0.1, 0.15) is 50.0 Å². The summed E-state index contributed by atoms with van der Waals surface area (Å²) < 4.78 is 48.3. The molecule has 1 aromatic heterocycles. The average Bonchev–Trinajstić information content (AvgIpc) is 3.26. The van der Waals surface area contributed by atoms with Gasteiger partial charge in [0.05, 0.1) is 35.0 Å². The van der Waals surface area contributed by atoms with E-state index in [1.54, 1.807) is 19.1 Å². The number of thiazole rings is 1. The molecule has 0 radical (unpaired) electrons. The van der Waals surface area contributed by atoms with Crippen LogP contribution >= 0.6 is 22.9 Å². The Bertz CT molecular complexity index is 1210. The molecule has 2 saturated heterocycles. The quantitative estimate of drug-likeness (QED) is 0.414. The van der Waals surface area contributed by atoms with Gasteiger partial charge in [-0.3, -0.25) is 14.9 Å². The summed E-state index contributed by atoms with van der Waals surface area (Å²) in [5.74, 6) is -0.946. The van der Waals surface area contributed by atoms with Gasteiger partial charge in [-0.15, -0.1) is 0 Å². The Morgan fingerprint density at radius 2 is 1.74 bits per heavy atom. The van der Waals surface area contributed by atoms with Crippen LogP contribution in [-0.4, -0.2) is 69.7 Å². The fourth-order valence-corrected chi connectivity index (χ4v) is 7.08. The maximum absolute atomic E-state index is 13.4. The molecule has 0 aliphatic carbocycles. The van der Waals surface area contributed by atoms with Crippen LogP contribution in [0.2, 0.25) is 4.34 Å². The molecule has 1 atom stereocenters. The number of halogens is 1. The van der Waals surface area contributed by atoms with Crippen molar-refractivity contribution in [1.29, 1.82) is 0 Å². The van der Waals surface area contributed by atoms with Gasteiger partial charge in [0.2, 0.25) is 0 Å². The summed E-state index contributed by atoms with van der Waals surface area (Å²) in [6.45, 7) is 3.85. The number of aromatic nitrogens is 1. The Labute approximate surface area is 230 Å². The normalized spacial score (nSPS) is 18.2. The molecular weight excluding hydrogens is 556 g/mol. The summed E-state index contributed by atoms with van der Waals surface area (Å²) in [5, 5.41) is 2.47. The summed E-state index contributed by atoms with van der Waals surface area (Å²) in [6, 6.07) is 6.25. The highest BCUT2D eigenvalue weighted by Gasteiger charge is 2.31. The fourth-order valence-electron chi connectivity index (χ4n) is 4.32. The number of ether oxygens (including phenoxy) is 4. The highest BCUT2D eigenvalue weighted by Crippen LogP contribution is 2.32. The van der Waals surface area contributed by atoms with Crippen molar-refractivity contribution in [3.05, 3.63) is 39.9 Å². The first-order valence-corrected chi connectivity index (χ1v) is 15.3. The molecule has 0 spiro atoms. The summed E-state index contributed by atoms with van der Waals surface area (Å²) in [7, 11) is -3.52. The monoisotopic (exact) mass is 586 g/mol. The van der Waals surface area contributed by atoms with Gasteiger partial charge >= 0.3 is 5.97 Å². The second-order valence-electron chi connectivity index (χ2n) is 8.96. The van der Waals surface area contributed by atoms with Crippen molar-refractivity contribution in [2.24, 2.45) is 0 Å². The first-order chi connectivity index (χ1) is 18.3. The van der Waals surface area contributed by atoms with E-state index < -0.39 is 33.1 Å². The van der Waals surface area contributed by atoms with E-state index in [1.165, 1.54) is 12.1 Å². The van der Waals surface area contributed by atoms with E-state index in [4.69, 9.17) is 30.5 Å². The van der Waals surface area contributed by atoms with Gasteiger partial charge in [-0.1, -0.05) is 35.1 Å². The number of benzene rings is 1. The minimum atomic E-state index is -3.52. The Morgan fingerprint density at radius 1 is 1.11 bits per heavy atom. The zero-order valence-corrected chi connectivity index (χ0v) is 23.4. The topological polar surface area (TPSA) is 130 Å². The standard InChI is InChI=1S/C25H31ClN2O8S2/c1-2-35-21(29)15-20-23(26)37-25(27-20)28-24(30)22(36-17-7-11-33-12-8-17)16-3-5-18(6-4-16)38(31,32)19-9-13-34-14-10-19/h3-6,17,19,22H,2,7-15H2,1H3,(H,27,28,30). The molecule has 2 aliphatic heterocycles. The first kappa shape index (κ1) is 28.9. The van der Waals surface area contributed by atoms with Gasteiger partial charge in [0.1, 0.15) is 4.34 Å². The lowest BCUT2D eigenvalue weighted by atomic mass is 10.1. The zero-order valence-electron chi connectivity index (χ0n) is 21.0. The van der Waals surface area contributed by atoms with Crippen molar-refractivity contribution in [3.63, 3.8) is 0 Å². The molecule has 2 aromatic rings. The molecule has 38 heavy (non-hydrogen) atoms. The zero-order chi connectivity index (χ0) is 27.1. The minimum Gasteiger partial charge on any atom is -0.466 e. The Balaban J connectivity index is 1.52. The third-order valence-corrected chi connectivity index (χ3v) is 9.88. The second-order valence-corrected chi connectivity index (χ2v) is 12.8. The average molecular weight is 587 g/mol. The number of amides is 1. The van der Waals surface area contributed by atoms with Crippen LogP contribution < -0.4 is 5.32 Å². The molecule has 1 aromatic carbocycles. The van der Waals surface area contributed by atoms with Crippen LogP contribution in [-0.2, 0) is 44.8 Å².